The summed E-state index contributed by atoms with van der Waals surface area (Å²) in [5, 5.41) is 0. The van der Waals surface area contributed by atoms with E-state index in [4.69, 9.17) is 57.7 Å². The molecule has 31 heavy (non-hydrogen) atoms. The van der Waals surface area contributed by atoms with Gasteiger partial charge in [0.2, 0.25) is 0 Å². The van der Waals surface area contributed by atoms with Crippen LogP contribution in [0, 0.1) is 0 Å². The van der Waals surface area contributed by atoms with Crippen LogP contribution in [-0.4, -0.2) is 44.0 Å². The van der Waals surface area contributed by atoms with Crippen LogP contribution in [0.4, 0.5) is 0 Å². The number of hydrogen-bond donors (Lipinski definition) is 9. The average molecular weight is 520 g/mol. The second-order valence-corrected chi connectivity index (χ2v) is 9.86. The molecule has 9 N–H and O–H groups in total. The molecule has 0 amide bonds. The second-order valence-electron chi connectivity index (χ2n) is 6.78. The van der Waals surface area contributed by atoms with Crippen molar-refractivity contribution in [2.75, 3.05) is 0 Å². The standard InChI is InChI=1S/C16H34.3H3O4P/c1-3-5-7-9-11-13-15-16-14-12-10-8-6-4-2;3*1-5(2,3)4/h3-16H2,1-2H3;3*(H3,1,2,3,4). The van der Waals surface area contributed by atoms with E-state index in [0.717, 1.165) is 0 Å². The van der Waals surface area contributed by atoms with Gasteiger partial charge < -0.3 is 44.0 Å². The molecule has 0 saturated carbocycles. The lowest BCUT2D eigenvalue weighted by molar-refractivity contribution is 0.272. The predicted octanol–water partition coefficient (Wildman–Crippen LogP) is 3.70. The highest BCUT2D eigenvalue weighted by atomic mass is 31.2. The van der Waals surface area contributed by atoms with E-state index >= 15 is 0 Å². The highest BCUT2D eigenvalue weighted by Crippen LogP contribution is 2.26. The van der Waals surface area contributed by atoms with E-state index in [1.54, 1.807) is 0 Å². The summed E-state index contributed by atoms with van der Waals surface area (Å²) >= 11 is 0. The minimum atomic E-state index is -4.64. The van der Waals surface area contributed by atoms with Crippen molar-refractivity contribution >= 4 is 23.5 Å². The maximum Gasteiger partial charge on any atom is 0.466 e. The topological polar surface area (TPSA) is 233 Å². The fraction of sp³-hybridized carbons (Fsp3) is 1.00. The summed E-state index contributed by atoms with van der Waals surface area (Å²) in [7, 11) is -13.9. The summed E-state index contributed by atoms with van der Waals surface area (Å²) < 4.78 is 26.6. The molecule has 12 nitrogen and oxygen atoms in total. The molecule has 0 fully saturated rings. The van der Waals surface area contributed by atoms with Crippen LogP contribution in [0.3, 0.4) is 0 Å². The van der Waals surface area contributed by atoms with Crippen LogP contribution in [0.2, 0.25) is 0 Å². The molecule has 0 aromatic rings. The van der Waals surface area contributed by atoms with Gasteiger partial charge in [0.1, 0.15) is 0 Å². The Kier molecular flexibility index (Phi) is 31.1. The number of hydrogen-bond acceptors (Lipinski definition) is 3. The first kappa shape index (κ1) is 38.6. The van der Waals surface area contributed by atoms with Gasteiger partial charge in [0, 0.05) is 0 Å². The van der Waals surface area contributed by atoms with Crippen molar-refractivity contribution in [2.24, 2.45) is 0 Å². The molecular weight excluding hydrogens is 477 g/mol. The first-order valence-corrected chi connectivity index (χ1v) is 15.0. The Morgan fingerprint density at radius 1 is 0.355 bits per heavy atom. The molecule has 0 saturated heterocycles. The normalized spacial score (nSPS) is 11.3. The number of phosphoric acid groups is 3. The summed E-state index contributed by atoms with van der Waals surface area (Å²) in [6, 6.07) is 0. The van der Waals surface area contributed by atoms with Crippen molar-refractivity contribution in [3.8, 4) is 0 Å². The van der Waals surface area contributed by atoms with Crippen molar-refractivity contribution in [3.63, 3.8) is 0 Å². The Morgan fingerprint density at radius 2 is 0.452 bits per heavy atom. The molecular formula is C16H43O12P3. The molecule has 0 aliphatic carbocycles. The molecule has 0 heterocycles. The highest BCUT2D eigenvalue weighted by Gasteiger charge is 2.01. The zero-order valence-corrected chi connectivity index (χ0v) is 21.2. The Labute approximate surface area is 185 Å². The average Bonchev–Trinajstić information content (AvgIpc) is 2.51. The SMILES string of the molecule is CCCCCCCCCCCCCCCC.O=P(O)(O)O.O=P(O)(O)O.O=P(O)(O)O. The molecule has 0 aromatic carbocycles. The van der Waals surface area contributed by atoms with Gasteiger partial charge in [-0.1, -0.05) is 104 Å². The maximum absolute atomic E-state index is 8.88. The van der Waals surface area contributed by atoms with Gasteiger partial charge in [0.25, 0.3) is 0 Å². The third kappa shape index (κ3) is 137. The van der Waals surface area contributed by atoms with Crippen LogP contribution >= 0.6 is 23.5 Å². The van der Waals surface area contributed by atoms with Crippen molar-refractivity contribution < 1.29 is 57.7 Å². The molecule has 0 unspecified atom stereocenters. The summed E-state index contributed by atoms with van der Waals surface area (Å²) in [4.78, 5) is 64.7. The van der Waals surface area contributed by atoms with E-state index in [1.807, 2.05) is 0 Å². The van der Waals surface area contributed by atoms with Crippen molar-refractivity contribution in [1.29, 1.82) is 0 Å². The Morgan fingerprint density at radius 3 is 0.548 bits per heavy atom. The maximum atomic E-state index is 8.88. The molecule has 0 aliphatic heterocycles. The van der Waals surface area contributed by atoms with Crippen molar-refractivity contribution in [3.05, 3.63) is 0 Å². The molecule has 0 rings (SSSR count). The minimum absolute atomic E-state index is 1.37. The number of rotatable bonds is 13. The van der Waals surface area contributed by atoms with Crippen LogP contribution < -0.4 is 0 Å². The smallest absolute Gasteiger partial charge is 0.303 e. The monoisotopic (exact) mass is 520 g/mol. The Bertz CT molecular complexity index is 400. The van der Waals surface area contributed by atoms with Gasteiger partial charge in [-0.3, -0.25) is 0 Å². The van der Waals surface area contributed by atoms with E-state index in [1.165, 1.54) is 89.9 Å². The fourth-order valence-electron chi connectivity index (χ4n) is 2.27. The first-order valence-electron chi connectivity index (χ1n) is 10.3. The summed E-state index contributed by atoms with van der Waals surface area (Å²) in [6.07, 6.45) is 20.4. The van der Waals surface area contributed by atoms with Gasteiger partial charge in [0.05, 0.1) is 0 Å². The third-order valence-electron chi connectivity index (χ3n) is 3.46. The van der Waals surface area contributed by atoms with Gasteiger partial charge >= 0.3 is 23.5 Å². The molecule has 194 valence electrons. The third-order valence-corrected chi connectivity index (χ3v) is 3.46. The van der Waals surface area contributed by atoms with Gasteiger partial charge in [-0.05, 0) is 0 Å². The molecule has 0 aromatic heterocycles. The van der Waals surface area contributed by atoms with E-state index < -0.39 is 23.5 Å². The van der Waals surface area contributed by atoms with E-state index in [-0.39, 0.29) is 0 Å². The number of unbranched alkanes of at least 4 members (excludes halogenated alkanes) is 13. The minimum Gasteiger partial charge on any atom is -0.303 e. The van der Waals surface area contributed by atoms with Crippen molar-refractivity contribution in [2.45, 2.75) is 104 Å². The molecule has 0 spiro atoms. The Hall–Kier alpha value is 0.330. The molecule has 0 radical (unpaired) electrons. The van der Waals surface area contributed by atoms with Crippen LogP contribution in [-0.2, 0) is 13.7 Å². The summed E-state index contributed by atoms with van der Waals surface area (Å²) in [6.45, 7) is 4.58. The van der Waals surface area contributed by atoms with Crippen LogP contribution in [0.15, 0.2) is 0 Å². The lowest BCUT2D eigenvalue weighted by Crippen LogP contribution is -1.82. The Balaban J connectivity index is -0.000000197. The first-order chi connectivity index (χ1) is 13.9. The van der Waals surface area contributed by atoms with Gasteiger partial charge in [-0.15, -0.1) is 0 Å². The fourth-order valence-corrected chi connectivity index (χ4v) is 2.27. The lowest BCUT2D eigenvalue weighted by Gasteiger charge is -2.02. The van der Waals surface area contributed by atoms with E-state index in [9.17, 15) is 0 Å². The molecule has 15 heteroatoms. The van der Waals surface area contributed by atoms with Crippen molar-refractivity contribution in [1.82, 2.24) is 0 Å². The van der Waals surface area contributed by atoms with E-state index in [2.05, 4.69) is 13.8 Å². The van der Waals surface area contributed by atoms with Crippen LogP contribution in [0.5, 0.6) is 0 Å². The summed E-state index contributed by atoms with van der Waals surface area (Å²) in [5.74, 6) is 0. The second kappa shape index (κ2) is 25.0. The van der Waals surface area contributed by atoms with Crippen LogP contribution in [0.25, 0.3) is 0 Å². The zero-order chi connectivity index (χ0) is 25.4. The quantitative estimate of drug-likeness (QED) is 0.125. The largest absolute Gasteiger partial charge is 0.466 e. The summed E-state index contributed by atoms with van der Waals surface area (Å²) in [5.41, 5.74) is 0. The lowest BCUT2D eigenvalue weighted by atomic mass is 10.0. The van der Waals surface area contributed by atoms with Gasteiger partial charge in [-0.2, -0.15) is 0 Å². The van der Waals surface area contributed by atoms with Crippen LogP contribution in [0.1, 0.15) is 104 Å². The van der Waals surface area contributed by atoms with Gasteiger partial charge in [-0.25, -0.2) is 13.7 Å². The molecule has 0 bridgehead atoms. The highest BCUT2D eigenvalue weighted by molar-refractivity contribution is 7.45. The molecule has 0 atom stereocenters. The molecule has 0 aliphatic rings. The predicted molar refractivity (Wildman–Crippen MR) is 119 cm³/mol. The van der Waals surface area contributed by atoms with E-state index in [0.29, 0.717) is 0 Å². The zero-order valence-electron chi connectivity index (χ0n) is 18.5. The van der Waals surface area contributed by atoms with Gasteiger partial charge in [0.15, 0.2) is 0 Å².